The van der Waals surface area contributed by atoms with Crippen molar-refractivity contribution < 1.29 is 0 Å². The van der Waals surface area contributed by atoms with Crippen molar-refractivity contribution in [2.75, 3.05) is 0 Å². The molecule has 62 valence electrons. The molecule has 0 heterocycles. The molecule has 0 aliphatic rings. The van der Waals surface area contributed by atoms with E-state index < -0.39 is 0 Å². The van der Waals surface area contributed by atoms with Crippen molar-refractivity contribution in [2.45, 2.75) is 3.74 Å². The summed E-state index contributed by atoms with van der Waals surface area (Å²) in [5, 5.41) is 0. The second-order valence-electron chi connectivity index (χ2n) is 2.12. The number of hydrogen-bond donors (Lipinski definition) is 0. The van der Waals surface area contributed by atoms with Crippen molar-refractivity contribution in [1.29, 1.82) is 0 Å². The van der Waals surface area contributed by atoms with Crippen LogP contribution < -0.4 is 0 Å². The Morgan fingerprint density at radius 1 is 1.33 bits per heavy atom. The molecule has 0 aliphatic heterocycles. The fourth-order valence-corrected chi connectivity index (χ4v) is 2.62. The van der Waals surface area contributed by atoms with Gasteiger partial charge in [0.15, 0.2) is 5.69 Å². The van der Waals surface area contributed by atoms with Gasteiger partial charge in [0.2, 0.25) is 0 Å². The lowest BCUT2D eigenvalue weighted by molar-refractivity contribution is 1.39. The van der Waals surface area contributed by atoms with E-state index >= 15 is 0 Å². The lowest BCUT2D eigenvalue weighted by atomic mass is 10.2. The van der Waals surface area contributed by atoms with Crippen molar-refractivity contribution in [2.24, 2.45) is 0 Å². The molecule has 0 N–H and O–H groups in total. The average molecular weight is 354 g/mol. The average Bonchev–Trinajstić information content (AvgIpc) is 2.05. The number of benzene rings is 1. The maximum atomic E-state index is 6.83. The van der Waals surface area contributed by atoms with Crippen LogP contribution in [-0.2, 0) is 0 Å². The monoisotopic (exact) mass is 351 g/mol. The summed E-state index contributed by atoms with van der Waals surface area (Å²) in [4.78, 5) is 3.34. The fraction of sp³-hybridized carbons (Fsp3) is 0.125. The van der Waals surface area contributed by atoms with Gasteiger partial charge in [-0.15, -0.1) is 0 Å². The molecule has 1 aromatic carbocycles. The van der Waals surface area contributed by atoms with Crippen LogP contribution >= 0.6 is 47.8 Å². The molecule has 4 heteroatoms. The number of halogens is 3. The molecule has 0 unspecified atom stereocenters. The molecular weight excluding hydrogens is 350 g/mol. The van der Waals surface area contributed by atoms with Gasteiger partial charge in [-0.1, -0.05) is 66.0 Å². The zero-order chi connectivity index (χ0) is 9.14. The second kappa shape index (κ2) is 4.40. The zero-order valence-corrected chi connectivity index (χ0v) is 10.6. The highest BCUT2D eigenvalue weighted by Gasteiger charge is 2.07. The van der Waals surface area contributed by atoms with E-state index in [1.165, 1.54) is 0 Å². The third-order valence-corrected chi connectivity index (χ3v) is 3.05. The van der Waals surface area contributed by atoms with Crippen LogP contribution in [0.4, 0.5) is 5.69 Å². The summed E-state index contributed by atoms with van der Waals surface area (Å²) >= 11 is 10.2. The van der Waals surface area contributed by atoms with Gasteiger partial charge in [0.1, 0.15) is 0 Å². The lowest BCUT2D eigenvalue weighted by Crippen LogP contribution is -1.81. The molecule has 12 heavy (non-hydrogen) atoms. The molecule has 1 aromatic rings. The predicted octanol–water partition coefficient (Wildman–Crippen LogP) is 4.79. The van der Waals surface area contributed by atoms with E-state index in [0.29, 0.717) is 5.69 Å². The van der Waals surface area contributed by atoms with E-state index in [0.717, 1.165) is 10.0 Å². The SMILES string of the molecule is [C-]#[N+]c1ccc(Br)c(C(Br)Br)c1. The van der Waals surface area contributed by atoms with Crippen LogP contribution in [0.1, 0.15) is 9.30 Å². The quantitative estimate of drug-likeness (QED) is 0.505. The molecule has 0 aromatic heterocycles. The van der Waals surface area contributed by atoms with Crippen molar-refractivity contribution in [3.63, 3.8) is 0 Å². The van der Waals surface area contributed by atoms with Crippen LogP contribution in [0, 0.1) is 6.57 Å². The van der Waals surface area contributed by atoms with Crippen LogP contribution in [0.2, 0.25) is 0 Å². The summed E-state index contributed by atoms with van der Waals surface area (Å²) in [5.41, 5.74) is 1.68. The first-order chi connectivity index (χ1) is 5.65. The highest BCUT2D eigenvalue weighted by molar-refractivity contribution is 9.24. The molecule has 0 spiro atoms. The van der Waals surface area contributed by atoms with Crippen LogP contribution in [0.15, 0.2) is 22.7 Å². The highest BCUT2D eigenvalue weighted by Crippen LogP contribution is 2.36. The fourth-order valence-electron chi connectivity index (χ4n) is 0.768. The topological polar surface area (TPSA) is 4.36 Å². The van der Waals surface area contributed by atoms with Crippen molar-refractivity contribution in [1.82, 2.24) is 0 Å². The van der Waals surface area contributed by atoms with E-state index in [1.54, 1.807) is 6.07 Å². The second-order valence-corrected chi connectivity index (χ2v) is 6.03. The van der Waals surface area contributed by atoms with E-state index in [9.17, 15) is 0 Å². The third kappa shape index (κ3) is 2.32. The van der Waals surface area contributed by atoms with Crippen molar-refractivity contribution >= 4 is 53.5 Å². The molecule has 0 amide bonds. The highest BCUT2D eigenvalue weighted by atomic mass is 79.9. The Hall–Kier alpha value is 0.150. The van der Waals surface area contributed by atoms with Crippen LogP contribution in [0.3, 0.4) is 0 Å². The molecule has 0 radical (unpaired) electrons. The van der Waals surface area contributed by atoms with Gasteiger partial charge >= 0.3 is 0 Å². The van der Waals surface area contributed by atoms with Gasteiger partial charge in [-0.2, -0.15) is 0 Å². The minimum absolute atomic E-state index is 0.0843. The summed E-state index contributed by atoms with van der Waals surface area (Å²) in [6.07, 6.45) is 0. The van der Waals surface area contributed by atoms with Gasteiger partial charge in [-0.25, -0.2) is 4.85 Å². The van der Waals surface area contributed by atoms with Crippen molar-refractivity contribution in [3.05, 3.63) is 39.7 Å². The molecule has 0 fully saturated rings. The summed E-state index contributed by atoms with van der Waals surface area (Å²) in [6, 6.07) is 5.49. The number of alkyl halides is 2. The van der Waals surface area contributed by atoms with E-state index in [2.05, 4.69) is 52.6 Å². The maximum absolute atomic E-state index is 6.83. The maximum Gasteiger partial charge on any atom is 0.187 e. The minimum Gasteiger partial charge on any atom is -0.238 e. The van der Waals surface area contributed by atoms with E-state index in [4.69, 9.17) is 6.57 Å². The lowest BCUT2D eigenvalue weighted by Gasteiger charge is -2.05. The Balaban J connectivity index is 3.19. The Bertz CT molecular complexity index is 328. The summed E-state index contributed by atoms with van der Waals surface area (Å²) in [5.74, 6) is 0. The zero-order valence-electron chi connectivity index (χ0n) is 5.89. The Morgan fingerprint density at radius 3 is 2.50 bits per heavy atom. The smallest absolute Gasteiger partial charge is 0.187 e. The summed E-state index contributed by atoms with van der Waals surface area (Å²) in [6.45, 7) is 6.83. The van der Waals surface area contributed by atoms with Crippen LogP contribution in [0.25, 0.3) is 4.85 Å². The van der Waals surface area contributed by atoms with Gasteiger partial charge in [-0.05, 0) is 5.56 Å². The Labute approximate surface area is 96.4 Å². The number of nitrogens with zero attached hydrogens (tertiary/aromatic N) is 1. The Morgan fingerprint density at radius 2 is 2.00 bits per heavy atom. The predicted molar refractivity (Wildman–Crippen MR) is 61.0 cm³/mol. The van der Waals surface area contributed by atoms with E-state index in [1.807, 2.05) is 12.1 Å². The molecule has 0 saturated heterocycles. The first kappa shape index (κ1) is 10.2. The minimum atomic E-state index is 0.0843. The van der Waals surface area contributed by atoms with E-state index in [-0.39, 0.29) is 3.74 Å². The van der Waals surface area contributed by atoms with Gasteiger partial charge < -0.3 is 0 Å². The van der Waals surface area contributed by atoms with Gasteiger partial charge in [-0.3, -0.25) is 0 Å². The molecular formula is C8H4Br3N. The normalized spacial score (nSPS) is 9.92. The largest absolute Gasteiger partial charge is 0.238 e. The first-order valence-electron chi connectivity index (χ1n) is 3.10. The molecule has 1 nitrogen and oxygen atoms in total. The van der Waals surface area contributed by atoms with Gasteiger partial charge in [0.25, 0.3) is 0 Å². The third-order valence-electron chi connectivity index (χ3n) is 1.34. The number of rotatable bonds is 1. The van der Waals surface area contributed by atoms with Gasteiger partial charge in [0.05, 0.1) is 10.3 Å². The first-order valence-corrected chi connectivity index (χ1v) is 5.72. The number of hydrogen-bond acceptors (Lipinski definition) is 0. The molecule has 0 atom stereocenters. The molecule has 0 saturated carbocycles. The standard InChI is InChI=1S/C8H4Br3N/c1-12-5-2-3-7(9)6(4-5)8(10)11/h2-4,8H. The Kier molecular flexibility index (Phi) is 3.76. The van der Waals surface area contributed by atoms with Crippen LogP contribution in [-0.4, -0.2) is 0 Å². The summed E-state index contributed by atoms with van der Waals surface area (Å²) in [7, 11) is 0. The van der Waals surface area contributed by atoms with Gasteiger partial charge in [0, 0.05) is 4.47 Å². The molecule has 0 aliphatic carbocycles. The van der Waals surface area contributed by atoms with Crippen LogP contribution in [0.5, 0.6) is 0 Å². The molecule has 0 bridgehead atoms. The summed E-state index contributed by atoms with van der Waals surface area (Å²) < 4.78 is 1.08. The van der Waals surface area contributed by atoms with Crippen molar-refractivity contribution in [3.8, 4) is 0 Å². The molecule has 1 rings (SSSR count).